The van der Waals surface area contributed by atoms with Gasteiger partial charge in [-0.05, 0) is 87.6 Å². The molecule has 0 saturated carbocycles. The van der Waals surface area contributed by atoms with E-state index in [4.69, 9.17) is 19.9 Å². The van der Waals surface area contributed by atoms with Gasteiger partial charge < -0.3 is 8.80 Å². The highest BCUT2D eigenvalue weighted by Gasteiger charge is 2.29. The number of nitrogens with zero attached hydrogens (tertiary/aromatic N) is 8. The molecular weight excluding hydrogens is 1190 g/mol. The number of hydrogen-bond acceptors (Lipinski definition) is 4. The number of benzene rings is 15. The van der Waals surface area contributed by atoms with Crippen molar-refractivity contribution in [3.8, 4) is 56.7 Å². The normalized spacial score (nSPS) is 12.5. The minimum Gasteiger partial charge on any atom is -0.307 e. The first-order valence-corrected chi connectivity index (χ1v) is 33.5. The molecule has 0 spiro atoms. The minimum absolute atomic E-state index is 0.627. The molecule has 15 aromatic carbocycles. The third kappa shape index (κ3) is 6.91. The zero-order valence-corrected chi connectivity index (χ0v) is 52.4. The molecule has 0 unspecified atom stereocenters. The van der Waals surface area contributed by atoms with E-state index in [0.29, 0.717) is 11.9 Å². The predicted molar refractivity (Wildman–Crippen MR) is 407 cm³/mol. The van der Waals surface area contributed by atoms with Gasteiger partial charge in [0.25, 0.3) is 0 Å². The molecule has 0 radical (unpaired) electrons. The lowest BCUT2D eigenvalue weighted by molar-refractivity contribution is 1.01. The van der Waals surface area contributed by atoms with Crippen molar-refractivity contribution in [2.45, 2.75) is 0 Å². The molecule has 450 valence electrons. The standard InChI is InChI=1S/C90H50N8/c1-2-19-51(20-3-1)52-37-39-55(40-38-52)83-63-27-8-13-32-71(63)91-89(93-83)95-74-35-16-11-30-66(74)80-78(95)50-70-62-45-42-54-22-5-7-26-60(54)86(62)98-76-48-57(43-46-68(76)82(80)88(70)98)56-23-18-24-58(47-56)84-64-28-9-14-33-72(64)92-90(94-84)96-73-34-15-10-29-65(73)79-77(96)49-69-61-44-41-53-21-4-6-25-59(53)85(61)97-75-36-17-12-31-67(75)81(79)87(69)97/h1-50H. The van der Waals surface area contributed by atoms with Crippen LogP contribution in [-0.2, 0) is 0 Å². The van der Waals surface area contributed by atoms with Crippen LogP contribution in [0.4, 0.5) is 0 Å². The molecule has 23 aromatic rings. The number of fused-ring (bicyclic) bond motifs is 26. The van der Waals surface area contributed by atoms with E-state index in [1.165, 1.54) is 114 Å². The van der Waals surface area contributed by atoms with Crippen molar-refractivity contribution in [1.82, 2.24) is 37.9 Å². The maximum atomic E-state index is 5.76. The summed E-state index contributed by atoms with van der Waals surface area (Å²) in [5.41, 5.74) is 21.6. The molecule has 8 heteroatoms. The zero-order valence-electron chi connectivity index (χ0n) is 52.4. The van der Waals surface area contributed by atoms with Crippen molar-refractivity contribution in [3.05, 3.63) is 303 Å². The van der Waals surface area contributed by atoms with Gasteiger partial charge in [-0.1, -0.05) is 249 Å². The third-order valence-corrected chi connectivity index (χ3v) is 21.4. The molecule has 0 saturated heterocycles. The molecule has 0 bridgehead atoms. The summed E-state index contributed by atoms with van der Waals surface area (Å²) >= 11 is 0. The van der Waals surface area contributed by atoms with Crippen LogP contribution in [-0.4, -0.2) is 37.9 Å². The van der Waals surface area contributed by atoms with E-state index in [-0.39, 0.29) is 0 Å². The van der Waals surface area contributed by atoms with E-state index in [1.54, 1.807) is 0 Å². The van der Waals surface area contributed by atoms with Crippen LogP contribution >= 0.6 is 0 Å². The highest BCUT2D eigenvalue weighted by molar-refractivity contribution is 6.39. The van der Waals surface area contributed by atoms with Crippen LogP contribution in [0.15, 0.2) is 303 Å². The summed E-state index contributed by atoms with van der Waals surface area (Å²) in [7, 11) is 0. The molecule has 0 N–H and O–H groups in total. The van der Waals surface area contributed by atoms with Crippen molar-refractivity contribution in [1.29, 1.82) is 0 Å². The monoisotopic (exact) mass is 1240 g/mol. The minimum atomic E-state index is 0.627. The second kappa shape index (κ2) is 19.2. The zero-order chi connectivity index (χ0) is 63.6. The predicted octanol–water partition coefficient (Wildman–Crippen LogP) is 23.0. The molecule has 0 aliphatic rings. The van der Waals surface area contributed by atoms with Crippen LogP contribution in [0.1, 0.15) is 0 Å². The summed E-state index contributed by atoms with van der Waals surface area (Å²) < 4.78 is 9.72. The summed E-state index contributed by atoms with van der Waals surface area (Å²) in [5.74, 6) is 1.26. The van der Waals surface area contributed by atoms with Crippen LogP contribution in [0.25, 0.3) is 220 Å². The average Bonchev–Trinajstić information content (AvgIpc) is 1.52. The number of hydrogen-bond donors (Lipinski definition) is 0. The smallest absolute Gasteiger partial charge is 0.235 e. The van der Waals surface area contributed by atoms with E-state index in [2.05, 4.69) is 321 Å². The molecule has 8 heterocycles. The van der Waals surface area contributed by atoms with Gasteiger partial charge in [-0.15, -0.1) is 0 Å². The lowest BCUT2D eigenvalue weighted by Crippen LogP contribution is -2.03. The first kappa shape index (κ1) is 52.1. The van der Waals surface area contributed by atoms with E-state index in [1.807, 2.05) is 0 Å². The third-order valence-electron chi connectivity index (χ3n) is 21.4. The average molecular weight is 1240 g/mol. The van der Waals surface area contributed by atoms with Gasteiger partial charge in [0.2, 0.25) is 11.9 Å². The summed E-state index contributed by atoms with van der Waals surface area (Å²) in [5, 5.41) is 21.3. The Bertz CT molecular complexity index is 7420. The van der Waals surface area contributed by atoms with Crippen molar-refractivity contribution in [3.63, 3.8) is 0 Å². The largest absolute Gasteiger partial charge is 0.307 e. The lowest BCUT2D eigenvalue weighted by atomic mass is 9.97. The van der Waals surface area contributed by atoms with Crippen LogP contribution in [0.2, 0.25) is 0 Å². The van der Waals surface area contributed by atoms with Gasteiger partial charge in [0.15, 0.2) is 0 Å². The van der Waals surface area contributed by atoms with E-state index in [0.717, 1.165) is 94.0 Å². The summed E-state index contributed by atoms with van der Waals surface area (Å²) in [6.45, 7) is 0. The van der Waals surface area contributed by atoms with Crippen LogP contribution in [0.3, 0.4) is 0 Å². The molecule has 8 nitrogen and oxygen atoms in total. The SMILES string of the molecule is c1ccc(-c2ccc(-c3nc(-n4c5ccccc5c5c6c7ccc(-c8cccc(-c9nc(-n%10c%11ccccc%11c%11c%12c%13ccccc%13n%13c%14c%15ccccc%15ccc%14c(cc%11%10)c%12%13)nc%10ccccc9%10)c8)cc7n7c8c9ccccc9ccc8c(cc54)c67)nc4ccccc34)cc2)cc1. The summed E-state index contributed by atoms with van der Waals surface area (Å²) in [6, 6.07) is 111. The Morgan fingerprint density at radius 3 is 1.17 bits per heavy atom. The highest BCUT2D eigenvalue weighted by Crippen LogP contribution is 2.51. The lowest BCUT2D eigenvalue weighted by Gasteiger charge is -2.13. The van der Waals surface area contributed by atoms with Crippen molar-refractivity contribution >= 4 is 163 Å². The number of para-hydroxylation sites is 5. The van der Waals surface area contributed by atoms with Gasteiger partial charge in [0.1, 0.15) is 0 Å². The Morgan fingerprint density at radius 2 is 0.592 bits per heavy atom. The van der Waals surface area contributed by atoms with Crippen LogP contribution in [0, 0.1) is 0 Å². The Kier molecular flexibility index (Phi) is 10.2. The quantitative estimate of drug-likeness (QED) is 0.166. The molecule has 0 amide bonds. The van der Waals surface area contributed by atoms with Crippen molar-refractivity contribution in [2.75, 3.05) is 0 Å². The summed E-state index contributed by atoms with van der Waals surface area (Å²) in [4.78, 5) is 22.3. The van der Waals surface area contributed by atoms with E-state index >= 15 is 0 Å². The first-order valence-electron chi connectivity index (χ1n) is 33.5. The van der Waals surface area contributed by atoms with Gasteiger partial charge >= 0.3 is 0 Å². The fraction of sp³-hybridized carbons (Fsp3) is 0. The molecule has 0 aliphatic carbocycles. The van der Waals surface area contributed by atoms with Crippen LogP contribution in [0.5, 0.6) is 0 Å². The van der Waals surface area contributed by atoms with Gasteiger partial charge in [0.05, 0.1) is 77.6 Å². The molecule has 23 rings (SSSR count). The fourth-order valence-corrected chi connectivity index (χ4v) is 17.3. The Hall–Kier alpha value is -13.3. The second-order valence-electron chi connectivity index (χ2n) is 26.4. The molecular formula is C90H50N8. The number of rotatable bonds is 6. The maximum Gasteiger partial charge on any atom is 0.235 e. The topological polar surface area (TPSA) is 70.2 Å². The Balaban J connectivity index is 0.735. The maximum absolute atomic E-state index is 5.76. The second-order valence-corrected chi connectivity index (χ2v) is 26.4. The molecule has 0 aliphatic heterocycles. The van der Waals surface area contributed by atoms with Crippen molar-refractivity contribution in [2.24, 2.45) is 0 Å². The fourth-order valence-electron chi connectivity index (χ4n) is 17.3. The highest BCUT2D eigenvalue weighted by atomic mass is 15.2. The Morgan fingerprint density at radius 1 is 0.194 bits per heavy atom. The molecule has 98 heavy (non-hydrogen) atoms. The van der Waals surface area contributed by atoms with Gasteiger partial charge in [-0.25, -0.2) is 19.9 Å². The first-order chi connectivity index (χ1) is 48.6. The van der Waals surface area contributed by atoms with E-state index < -0.39 is 0 Å². The van der Waals surface area contributed by atoms with E-state index in [9.17, 15) is 0 Å². The van der Waals surface area contributed by atoms with Gasteiger partial charge in [-0.2, -0.15) is 0 Å². The molecule has 0 atom stereocenters. The van der Waals surface area contributed by atoms with Crippen molar-refractivity contribution < 1.29 is 0 Å². The van der Waals surface area contributed by atoms with Gasteiger partial charge in [-0.3, -0.25) is 9.13 Å². The molecule has 0 fully saturated rings. The number of aromatic nitrogens is 8. The molecule has 8 aromatic heterocycles. The summed E-state index contributed by atoms with van der Waals surface area (Å²) in [6.07, 6.45) is 0. The Labute approximate surface area is 557 Å². The van der Waals surface area contributed by atoms with Crippen LogP contribution < -0.4 is 0 Å². The van der Waals surface area contributed by atoms with Gasteiger partial charge in [0, 0.05) is 97.3 Å².